The molecule has 0 bridgehead atoms. The molecular formula is C40H63NO7. The number of hydrogen-bond donors (Lipinski definition) is 0. The standard InChI is InChI=1S/C40H63NO7/c1-28(2)32(22-31-18-19-35(44-11)37(23-31)46-21-15-20-43-10)25-36-34(41(40(8,9)47-36)38(42)48-39(5,6)7)24-33(29(3)4)27-45-26-30-16-13-12-14-17-30/h12-14,16-19,23,28-29,32-34,36H,15,20-22,24-27H2,1-11H3/t32-,33+,34-,36-/m0/s1. The first-order valence-electron chi connectivity index (χ1n) is 17.8. The van der Waals surface area contributed by atoms with E-state index in [0.717, 1.165) is 42.7 Å². The summed E-state index contributed by atoms with van der Waals surface area (Å²) >= 11 is 0. The topological polar surface area (TPSA) is 75.7 Å². The van der Waals surface area contributed by atoms with Crippen LogP contribution in [0.1, 0.15) is 92.7 Å². The van der Waals surface area contributed by atoms with Crippen LogP contribution in [0.5, 0.6) is 11.5 Å². The lowest BCUT2D eigenvalue weighted by molar-refractivity contribution is -0.0830. The van der Waals surface area contributed by atoms with Gasteiger partial charge in [-0.2, -0.15) is 0 Å². The van der Waals surface area contributed by atoms with E-state index in [2.05, 4.69) is 52.0 Å². The summed E-state index contributed by atoms with van der Waals surface area (Å²) in [5.74, 6) is 2.73. The van der Waals surface area contributed by atoms with Gasteiger partial charge in [0.1, 0.15) is 11.3 Å². The largest absolute Gasteiger partial charge is 0.493 e. The number of rotatable bonds is 18. The van der Waals surface area contributed by atoms with Crippen molar-refractivity contribution in [2.24, 2.45) is 23.7 Å². The van der Waals surface area contributed by atoms with Gasteiger partial charge >= 0.3 is 6.09 Å². The van der Waals surface area contributed by atoms with Crippen molar-refractivity contribution in [1.82, 2.24) is 4.90 Å². The van der Waals surface area contributed by atoms with Crippen LogP contribution in [-0.4, -0.2) is 68.5 Å². The Kier molecular flexibility index (Phi) is 15.1. The minimum atomic E-state index is -0.824. The van der Waals surface area contributed by atoms with Crippen molar-refractivity contribution in [2.75, 3.05) is 34.0 Å². The maximum Gasteiger partial charge on any atom is 0.412 e. The zero-order chi connectivity index (χ0) is 35.5. The van der Waals surface area contributed by atoms with Crippen LogP contribution in [-0.2, 0) is 32.0 Å². The van der Waals surface area contributed by atoms with E-state index in [1.54, 1.807) is 14.2 Å². The summed E-state index contributed by atoms with van der Waals surface area (Å²) in [7, 11) is 3.36. The van der Waals surface area contributed by atoms with Crippen LogP contribution < -0.4 is 9.47 Å². The number of carbonyl (C=O) groups excluding carboxylic acids is 1. The normalized spacial score (nSPS) is 19.1. The van der Waals surface area contributed by atoms with Gasteiger partial charge in [-0.1, -0.05) is 64.1 Å². The molecule has 48 heavy (non-hydrogen) atoms. The van der Waals surface area contributed by atoms with E-state index in [9.17, 15) is 4.79 Å². The summed E-state index contributed by atoms with van der Waals surface area (Å²) in [5.41, 5.74) is 0.892. The second-order valence-electron chi connectivity index (χ2n) is 15.4. The fraction of sp³-hybridized carbons (Fsp3) is 0.675. The van der Waals surface area contributed by atoms with Crippen molar-refractivity contribution in [2.45, 2.75) is 118 Å². The van der Waals surface area contributed by atoms with E-state index < -0.39 is 11.3 Å². The summed E-state index contributed by atoms with van der Waals surface area (Å²) in [4.78, 5) is 15.7. The highest BCUT2D eigenvalue weighted by atomic mass is 16.6. The molecule has 0 aliphatic carbocycles. The van der Waals surface area contributed by atoms with Crippen molar-refractivity contribution >= 4 is 6.09 Å². The summed E-state index contributed by atoms with van der Waals surface area (Å²) in [6.07, 6.45) is 2.71. The Hall–Kier alpha value is -2.81. The van der Waals surface area contributed by atoms with Gasteiger partial charge in [0, 0.05) is 20.1 Å². The van der Waals surface area contributed by atoms with Crippen molar-refractivity contribution in [1.29, 1.82) is 0 Å². The van der Waals surface area contributed by atoms with Crippen LogP contribution in [0.4, 0.5) is 4.79 Å². The average molecular weight is 670 g/mol. The van der Waals surface area contributed by atoms with Crippen LogP contribution in [0.25, 0.3) is 0 Å². The molecule has 8 heteroatoms. The molecule has 1 aliphatic heterocycles. The second kappa shape index (κ2) is 18.3. The van der Waals surface area contributed by atoms with Crippen molar-refractivity contribution in [3.63, 3.8) is 0 Å². The molecule has 2 aromatic rings. The Labute approximate surface area is 290 Å². The van der Waals surface area contributed by atoms with Crippen LogP contribution >= 0.6 is 0 Å². The highest BCUT2D eigenvalue weighted by Crippen LogP contribution is 2.41. The van der Waals surface area contributed by atoms with Gasteiger partial charge in [-0.05, 0) is 101 Å². The van der Waals surface area contributed by atoms with Gasteiger partial charge in [0.2, 0.25) is 0 Å². The Balaban J connectivity index is 1.86. The Morgan fingerprint density at radius 3 is 2.19 bits per heavy atom. The molecule has 0 radical (unpaired) electrons. The lowest BCUT2D eigenvalue weighted by Gasteiger charge is -2.37. The third-order valence-corrected chi connectivity index (χ3v) is 9.26. The molecule has 3 rings (SSSR count). The number of ether oxygens (including phenoxy) is 6. The number of carbonyl (C=O) groups is 1. The van der Waals surface area contributed by atoms with Crippen LogP contribution in [0, 0.1) is 23.7 Å². The molecule has 0 saturated carbocycles. The number of hydrogen-bond acceptors (Lipinski definition) is 7. The molecule has 1 heterocycles. The second-order valence-corrected chi connectivity index (χ2v) is 15.4. The van der Waals surface area contributed by atoms with Crippen molar-refractivity contribution in [3.8, 4) is 11.5 Å². The maximum absolute atomic E-state index is 13.9. The molecule has 1 amide bonds. The molecule has 270 valence electrons. The van der Waals surface area contributed by atoms with Gasteiger partial charge < -0.3 is 28.4 Å². The molecule has 8 nitrogen and oxygen atoms in total. The Morgan fingerprint density at radius 2 is 1.58 bits per heavy atom. The van der Waals surface area contributed by atoms with Crippen LogP contribution in [0.2, 0.25) is 0 Å². The van der Waals surface area contributed by atoms with E-state index in [1.807, 2.05) is 63.8 Å². The zero-order valence-corrected chi connectivity index (χ0v) is 31.5. The Morgan fingerprint density at radius 1 is 0.896 bits per heavy atom. The first-order chi connectivity index (χ1) is 22.6. The predicted octanol–water partition coefficient (Wildman–Crippen LogP) is 8.94. The van der Waals surface area contributed by atoms with E-state index in [1.165, 1.54) is 5.56 Å². The zero-order valence-electron chi connectivity index (χ0n) is 31.5. The van der Waals surface area contributed by atoms with E-state index in [-0.39, 0.29) is 24.2 Å². The number of benzene rings is 2. The SMILES string of the molecule is COCCCOc1cc(C[C@@H](C[C@@H]2OC(C)(C)N(C(=O)OC(C)(C)C)[C@H]2C[C@H](COCc2ccccc2)C(C)C)C(C)C)ccc1OC. The fourth-order valence-electron chi connectivity index (χ4n) is 6.48. The van der Waals surface area contributed by atoms with Gasteiger partial charge in [-0.25, -0.2) is 4.79 Å². The minimum Gasteiger partial charge on any atom is -0.493 e. The monoisotopic (exact) mass is 669 g/mol. The molecule has 0 aromatic heterocycles. The number of methoxy groups -OCH3 is 2. The molecule has 2 aromatic carbocycles. The molecule has 0 N–H and O–H groups in total. The molecule has 0 spiro atoms. The Bertz CT molecular complexity index is 1240. The smallest absolute Gasteiger partial charge is 0.412 e. The maximum atomic E-state index is 13.9. The third kappa shape index (κ3) is 12.0. The number of amides is 1. The molecule has 1 saturated heterocycles. The first-order valence-corrected chi connectivity index (χ1v) is 17.8. The molecule has 4 atom stereocenters. The van der Waals surface area contributed by atoms with Crippen molar-refractivity contribution < 1.29 is 33.2 Å². The lowest BCUT2D eigenvalue weighted by atomic mass is 9.81. The van der Waals surface area contributed by atoms with Crippen LogP contribution in [0.3, 0.4) is 0 Å². The van der Waals surface area contributed by atoms with E-state index >= 15 is 0 Å². The van der Waals surface area contributed by atoms with Gasteiger partial charge in [-0.15, -0.1) is 0 Å². The quantitative estimate of drug-likeness (QED) is 0.147. The minimum absolute atomic E-state index is 0.167. The van der Waals surface area contributed by atoms with E-state index in [4.69, 9.17) is 28.4 Å². The summed E-state index contributed by atoms with van der Waals surface area (Å²) in [6.45, 7) is 21.1. The molecular weight excluding hydrogens is 606 g/mol. The number of nitrogens with zero attached hydrogens (tertiary/aromatic N) is 1. The molecule has 1 fully saturated rings. The third-order valence-electron chi connectivity index (χ3n) is 9.26. The fourth-order valence-corrected chi connectivity index (χ4v) is 6.48. The molecule has 1 aliphatic rings. The highest BCUT2D eigenvalue weighted by molar-refractivity contribution is 5.70. The highest BCUT2D eigenvalue weighted by Gasteiger charge is 2.52. The molecule has 0 unspecified atom stereocenters. The summed E-state index contributed by atoms with van der Waals surface area (Å²) in [6, 6.07) is 16.3. The lowest BCUT2D eigenvalue weighted by Crippen LogP contribution is -2.51. The predicted molar refractivity (Wildman–Crippen MR) is 191 cm³/mol. The first kappa shape index (κ1) is 39.6. The van der Waals surface area contributed by atoms with Gasteiger partial charge in [0.05, 0.1) is 39.1 Å². The van der Waals surface area contributed by atoms with Crippen molar-refractivity contribution in [3.05, 3.63) is 59.7 Å². The summed E-state index contributed by atoms with van der Waals surface area (Å²) in [5, 5.41) is 0. The van der Waals surface area contributed by atoms with Gasteiger partial charge in [0.25, 0.3) is 0 Å². The van der Waals surface area contributed by atoms with Gasteiger partial charge in [0.15, 0.2) is 11.5 Å². The van der Waals surface area contributed by atoms with Gasteiger partial charge in [-0.3, -0.25) is 4.90 Å². The average Bonchev–Trinajstić information content (AvgIpc) is 3.26. The van der Waals surface area contributed by atoms with E-state index in [0.29, 0.717) is 44.2 Å². The summed E-state index contributed by atoms with van der Waals surface area (Å²) < 4.78 is 36.0. The van der Waals surface area contributed by atoms with Crippen LogP contribution in [0.15, 0.2) is 48.5 Å².